The second-order valence-corrected chi connectivity index (χ2v) is 6.09. The molecule has 21 heavy (non-hydrogen) atoms. The van der Waals surface area contributed by atoms with Crippen LogP contribution in [0.4, 0.5) is 0 Å². The minimum atomic E-state index is -0.353. The molecule has 0 bridgehead atoms. The Bertz CT molecular complexity index is 628. The monoisotopic (exact) mass is 309 g/mol. The van der Waals surface area contributed by atoms with Crippen LogP contribution in [0.1, 0.15) is 56.8 Å². The van der Waals surface area contributed by atoms with E-state index in [0.717, 1.165) is 22.0 Å². The number of carbonyl (C=O) groups is 1. The summed E-state index contributed by atoms with van der Waals surface area (Å²) in [5, 5.41) is 16.8. The molecule has 1 unspecified atom stereocenters. The molecule has 2 aromatic rings. The minimum Gasteiger partial charge on any atom is -0.391 e. The molecular weight excluding hydrogens is 290 g/mol. The van der Waals surface area contributed by atoms with Gasteiger partial charge in [0.25, 0.3) is 5.91 Å². The van der Waals surface area contributed by atoms with E-state index >= 15 is 0 Å². The number of nitrogens with one attached hydrogen (secondary N) is 1. The molecule has 0 aromatic carbocycles. The lowest BCUT2D eigenvalue weighted by Crippen LogP contribution is -2.29. The van der Waals surface area contributed by atoms with Crippen LogP contribution in [0.3, 0.4) is 0 Å². The number of nitrogens with zero attached hydrogens (tertiary/aromatic N) is 2. The van der Waals surface area contributed by atoms with Crippen molar-refractivity contribution in [3.63, 3.8) is 0 Å². The molecule has 1 amide bonds. The van der Waals surface area contributed by atoms with Crippen molar-refractivity contribution in [2.75, 3.05) is 0 Å². The topological polar surface area (TPSA) is 88.2 Å². The Morgan fingerprint density at radius 2 is 2.14 bits per heavy atom. The SMILES string of the molecule is CCC(NC(=O)c1noc(C)c1CO)c1nc(C)c(C)s1. The minimum absolute atomic E-state index is 0.137. The molecule has 0 aliphatic carbocycles. The lowest BCUT2D eigenvalue weighted by Gasteiger charge is -2.13. The zero-order valence-electron chi connectivity index (χ0n) is 12.6. The van der Waals surface area contributed by atoms with Crippen molar-refractivity contribution in [3.05, 3.63) is 32.6 Å². The van der Waals surface area contributed by atoms with E-state index in [1.165, 1.54) is 0 Å². The van der Waals surface area contributed by atoms with Crippen LogP contribution in [0.15, 0.2) is 4.52 Å². The fourth-order valence-corrected chi connectivity index (χ4v) is 3.02. The summed E-state index contributed by atoms with van der Waals surface area (Å²) in [5.41, 5.74) is 1.54. The average Bonchev–Trinajstić information content (AvgIpc) is 2.99. The Balaban J connectivity index is 2.20. The van der Waals surface area contributed by atoms with Crippen LogP contribution in [0.5, 0.6) is 0 Å². The molecule has 0 saturated heterocycles. The third-order valence-corrected chi connectivity index (χ3v) is 4.60. The number of thiazole rings is 1. The molecule has 2 N–H and O–H groups in total. The molecular formula is C14H19N3O3S. The zero-order valence-corrected chi connectivity index (χ0v) is 13.4. The quantitative estimate of drug-likeness (QED) is 0.885. The fraction of sp³-hybridized carbons (Fsp3) is 0.500. The fourth-order valence-electron chi connectivity index (χ4n) is 1.97. The van der Waals surface area contributed by atoms with Gasteiger partial charge in [-0.05, 0) is 27.2 Å². The molecule has 0 spiro atoms. The summed E-state index contributed by atoms with van der Waals surface area (Å²) in [6, 6.07) is -0.168. The number of aliphatic hydroxyl groups excluding tert-OH is 1. The number of aromatic nitrogens is 2. The van der Waals surface area contributed by atoms with Crippen molar-refractivity contribution in [2.45, 2.75) is 46.8 Å². The van der Waals surface area contributed by atoms with Crippen LogP contribution in [0.2, 0.25) is 0 Å². The van der Waals surface area contributed by atoms with Crippen molar-refractivity contribution in [3.8, 4) is 0 Å². The maximum atomic E-state index is 12.3. The van der Waals surface area contributed by atoms with Crippen LogP contribution in [-0.4, -0.2) is 21.2 Å². The summed E-state index contributed by atoms with van der Waals surface area (Å²) in [7, 11) is 0. The molecule has 2 aromatic heterocycles. The summed E-state index contributed by atoms with van der Waals surface area (Å²) in [5.74, 6) is 0.102. The molecule has 0 radical (unpaired) electrons. The van der Waals surface area contributed by atoms with Crippen molar-refractivity contribution >= 4 is 17.2 Å². The molecule has 0 aliphatic rings. The van der Waals surface area contributed by atoms with Crippen LogP contribution in [-0.2, 0) is 6.61 Å². The normalized spacial score (nSPS) is 12.4. The zero-order chi connectivity index (χ0) is 15.6. The van der Waals surface area contributed by atoms with Gasteiger partial charge in [-0.1, -0.05) is 12.1 Å². The number of hydrogen-bond donors (Lipinski definition) is 2. The van der Waals surface area contributed by atoms with E-state index in [1.54, 1.807) is 18.3 Å². The first-order valence-electron chi connectivity index (χ1n) is 6.78. The summed E-state index contributed by atoms with van der Waals surface area (Å²) in [6.45, 7) is 7.34. The van der Waals surface area contributed by atoms with E-state index in [2.05, 4.69) is 15.5 Å². The van der Waals surface area contributed by atoms with Gasteiger partial charge < -0.3 is 14.9 Å². The van der Waals surface area contributed by atoms with Gasteiger partial charge in [-0.15, -0.1) is 11.3 Å². The molecule has 114 valence electrons. The van der Waals surface area contributed by atoms with Gasteiger partial charge in [0.2, 0.25) is 0 Å². The van der Waals surface area contributed by atoms with E-state index < -0.39 is 0 Å². The molecule has 0 fully saturated rings. The maximum Gasteiger partial charge on any atom is 0.274 e. The van der Waals surface area contributed by atoms with Gasteiger partial charge in [0.15, 0.2) is 5.69 Å². The molecule has 0 saturated carbocycles. The second kappa shape index (κ2) is 6.36. The van der Waals surface area contributed by atoms with Gasteiger partial charge in [0.1, 0.15) is 10.8 Å². The summed E-state index contributed by atoms with van der Waals surface area (Å²) < 4.78 is 4.97. The molecule has 7 heteroatoms. The highest BCUT2D eigenvalue weighted by atomic mass is 32.1. The average molecular weight is 309 g/mol. The largest absolute Gasteiger partial charge is 0.391 e. The number of aryl methyl sites for hydroxylation is 3. The first-order valence-corrected chi connectivity index (χ1v) is 7.60. The first kappa shape index (κ1) is 15.7. The highest BCUT2D eigenvalue weighted by Gasteiger charge is 2.23. The Labute approximate surface area is 127 Å². The lowest BCUT2D eigenvalue weighted by atomic mass is 10.1. The van der Waals surface area contributed by atoms with Gasteiger partial charge >= 0.3 is 0 Å². The molecule has 2 heterocycles. The summed E-state index contributed by atoms with van der Waals surface area (Å²) in [4.78, 5) is 17.9. The van der Waals surface area contributed by atoms with Gasteiger partial charge in [-0.3, -0.25) is 4.79 Å². The van der Waals surface area contributed by atoms with Crippen LogP contribution < -0.4 is 5.32 Å². The van der Waals surface area contributed by atoms with E-state index in [0.29, 0.717) is 11.3 Å². The van der Waals surface area contributed by atoms with Crippen LogP contribution in [0, 0.1) is 20.8 Å². The Morgan fingerprint density at radius 3 is 2.67 bits per heavy atom. The van der Waals surface area contributed by atoms with Crippen LogP contribution in [0.25, 0.3) is 0 Å². The Kier molecular flexibility index (Phi) is 4.74. The third kappa shape index (κ3) is 3.14. The number of rotatable bonds is 5. The van der Waals surface area contributed by atoms with Crippen molar-refractivity contribution in [2.24, 2.45) is 0 Å². The number of hydrogen-bond acceptors (Lipinski definition) is 6. The van der Waals surface area contributed by atoms with Gasteiger partial charge in [-0.2, -0.15) is 0 Å². The summed E-state index contributed by atoms with van der Waals surface area (Å²) >= 11 is 1.58. The standard InChI is InChI=1S/C14H19N3O3S/c1-5-11(14-15-7(2)9(4)21-14)16-13(19)12-10(6-18)8(3)20-17-12/h11,18H,5-6H2,1-4H3,(H,16,19). The third-order valence-electron chi connectivity index (χ3n) is 3.41. The van der Waals surface area contributed by atoms with Crippen molar-refractivity contribution < 1.29 is 14.4 Å². The molecule has 1 atom stereocenters. The predicted molar refractivity (Wildman–Crippen MR) is 79.2 cm³/mol. The van der Waals surface area contributed by atoms with Crippen molar-refractivity contribution in [1.29, 1.82) is 0 Å². The smallest absolute Gasteiger partial charge is 0.274 e. The molecule has 0 aliphatic heterocycles. The van der Waals surface area contributed by atoms with Gasteiger partial charge in [0.05, 0.1) is 23.9 Å². The highest BCUT2D eigenvalue weighted by molar-refractivity contribution is 7.11. The predicted octanol–water partition coefficient (Wildman–Crippen LogP) is 2.43. The number of amides is 1. The van der Waals surface area contributed by atoms with Gasteiger partial charge in [-0.25, -0.2) is 4.98 Å². The van der Waals surface area contributed by atoms with E-state index in [-0.39, 0.29) is 24.2 Å². The maximum absolute atomic E-state index is 12.3. The molecule has 6 nitrogen and oxygen atoms in total. The molecule has 2 rings (SSSR count). The first-order chi connectivity index (χ1) is 9.97. The number of carbonyl (C=O) groups excluding carboxylic acids is 1. The highest BCUT2D eigenvalue weighted by Crippen LogP contribution is 2.25. The van der Waals surface area contributed by atoms with Crippen molar-refractivity contribution in [1.82, 2.24) is 15.5 Å². The van der Waals surface area contributed by atoms with Gasteiger partial charge in [0, 0.05) is 4.88 Å². The summed E-state index contributed by atoms with van der Waals surface area (Å²) in [6.07, 6.45) is 0.726. The Morgan fingerprint density at radius 1 is 1.43 bits per heavy atom. The lowest BCUT2D eigenvalue weighted by molar-refractivity contribution is 0.0923. The van der Waals surface area contributed by atoms with E-state index in [4.69, 9.17) is 4.52 Å². The second-order valence-electron chi connectivity index (χ2n) is 4.85. The number of aliphatic hydroxyl groups is 1. The van der Waals surface area contributed by atoms with E-state index in [1.807, 2.05) is 20.8 Å². The van der Waals surface area contributed by atoms with Crippen LogP contribution >= 0.6 is 11.3 Å². The Hall–Kier alpha value is -1.73. The van der Waals surface area contributed by atoms with E-state index in [9.17, 15) is 9.90 Å².